The fraction of sp³-hybridized carbons (Fsp3) is 0.308. The summed E-state index contributed by atoms with van der Waals surface area (Å²) >= 11 is 5.82. The Morgan fingerprint density at radius 2 is 2.06 bits per heavy atom. The lowest BCUT2D eigenvalue weighted by Crippen LogP contribution is -2.00. The first-order chi connectivity index (χ1) is 7.59. The van der Waals surface area contributed by atoms with Gasteiger partial charge in [-0.05, 0) is 30.5 Å². The van der Waals surface area contributed by atoms with Crippen molar-refractivity contribution in [1.82, 2.24) is 9.07 Å². The van der Waals surface area contributed by atoms with Gasteiger partial charge in [0, 0.05) is 23.9 Å². The van der Waals surface area contributed by atoms with E-state index in [-0.39, 0.29) is 5.92 Å². The van der Waals surface area contributed by atoms with Crippen molar-refractivity contribution in [3.05, 3.63) is 53.1 Å². The van der Waals surface area contributed by atoms with Crippen LogP contribution < -0.4 is 0 Å². The van der Waals surface area contributed by atoms with E-state index >= 15 is 0 Å². The minimum absolute atomic E-state index is 0.278. The maximum atomic E-state index is 5.82. The number of imidazole rings is 1. The predicted octanol–water partition coefficient (Wildman–Crippen LogP) is 3.65. The lowest BCUT2D eigenvalue weighted by molar-refractivity contribution is 0.870. The van der Waals surface area contributed by atoms with Crippen molar-refractivity contribution in [1.29, 1.82) is 0 Å². The van der Waals surface area contributed by atoms with E-state index < -0.39 is 0 Å². The molecule has 0 saturated carbocycles. The SMILES string of the molecule is Cc1cccc(C(C)c2cn(Cl)cn2)c1C. The molecule has 2 rings (SSSR count). The van der Waals surface area contributed by atoms with Crippen molar-refractivity contribution < 1.29 is 0 Å². The van der Waals surface area contributed by atoms with Crippen molar-refractivity contribution in [3.8, 4) is 0 Å². The van der Waals surface area contributed by atoms with Gasteiger partial charge in [-0.3, -0.25) is 0 Å². The molecule has 16 heavy (non-hydrogen) atoms. The van der Waals surface area contributed by atoms with Gasteiger partial charge in [0.1, 0.15) is 6.33 Å². The van der Waals surface area contributed by atoms with Crippen LogP contribution in [0, 0.1) is 13.8 Å². The highest BCUT2D eigenvalue weighted by atomic mass is 35.5. The molecule has 2 nitrogen and oxygen atoms in total. The van der Waals surface area contributed by atoms with Crippen LogP contribution in [-0.4, -0.2) is 9.07 Å². The molecule has 0 saturated heterocycles. The second-order valence-electron chi connectivity index (χ2n) is 4.15. The highest BCUT2D eigenvalue weighted by Gasteiger charge is 2.14. The van der Waals surface area contributed by atoms with Gasteiger partial charge >= 0.3 is 0 Å². The average Bonchev–Trinajstić information content (AvgIpc) is 2.68. The van der Waals surface area contributed by atoms with E-state index in [0.29, 0.717) is 0 Å². The number of benzene rings is 1. The summed E-state index contributed by atoms with van der Waals surface area (Å²) in [6.07, 6.45) is 3.48. The molecule has 0 spiro atoms. The normalized spacial score (nSPS) is 12.8. The predicted molar refractivity (Wildman–Crippen MR) is 66.9 cm³/mol. The van der Waals surface area contributed by atoms with Crippen LogP contribution in [0.3, 0.4) is 0 Å². The third-order valence-electron chi connectivity index (χ3n) is 3.13. The molecule has 0 fully saturated rings. The second-order valence-corrected chi connectivity index (χ2v) is 4.54. The van der Waals surface area contributed by atoms with Crippen molar-refractivity contribution >= 4 is 11.8 Å². The van der Waals surface area contributed by atoms with Gasteiger partial charge in [0.15, 0.2) is 0 Å². The molecule has 0 amide bonds. The Morgan fingerprint density at radius 3 is 2.69 bits per heavy atom. The van der Waals surface area contributed by atoms with Crippen molar-refractivity contribution in [2.75, 3.05) is 0 Å². The molecule has 0 aliphatic heterocycles. The van der Waals surface area contributed by atoms with Crippen LogP contribution in [0.2, 0.25) is 0 Å². The fourth-order valence-electron chi connectivity index (χ4n) is 1.94. The van der Waals surface area contributed by atoms with Crippen molar-refractivity contribution in [3.63, 3.8) is 0 Å². The molecule has 3 heteroatoms. The number of aryl methyl sites for hydroxylation is 1. The summed E-state index contributed by atoms with van der Waals surface area (Å²) < 4.78 is 1.47. The van der Waals surface area contributed by atoms with Gasteiger partial charge in [0.25, 0.3) is 0 Å². The molecular formula is C13H15ClN2. The Labute approximate surface area is 101 Å². The molecule has 0 radical (unpaired) electrons. The standard InChI is InChI=1S/C13H15ClN2/c1-9-5-4-6-12(10(9)2)11(3)13-7-16(14)8-15-13/h4-8,11H,1-3H3. The van der Waals surface area contributed by atoms with Crippen LogP contribution in [-0.2, 0) is 0 Å². The summed E-state index contributed by atoms with van der Waals surface area (Å²) in [5, 5.41) is 0. The van der Waals surface area contributed by atoms with Crippen LogP contribution in [0.5, 0.6) is 0 Å². The number of hydrogen-bond donors (Lipinski definition) is 0. The van der Waals surface area contributed by atoms with Crippen LogP contribution in [0.4, 0.5) is 0 Å². The Bertz CT molecular complexity index is 502. The lowest BCUT2D eigenvalue weighted by Gasteiger charge is -2.14. The summed E-state index contributed by atoms with van der Waals surface area (Å²) in [4.78, 5) is 4.29. The summed E-state index contributed by atoms with van der Waals surface area (Å²) in [5.74, 6) is 0.278. The van der Waals surface area contributed by atoms with Gasteiger partial charge in [-0.25, -0.2) is 9.07 Å². The van der Waals surface area contributed by atoms with Crippen LogP contribution >= 0.6 is 11.8 Å². The Kier molecular flexibility index (Phi) is 3.01. The summed E-state index contributed by atoms with van der Waals surface area (Å²) in [7, 11) is 0. The summed E-state index contributed by atoms with van der Waals surface area (Å²) in [6, 6.07) is 6.37. The van der Waals surface area contributed by atoms with E-state index in [2.05, 4.69) is 44.0 Å². The summed E-state index contributed by atoms with van der Waals surface area (Å²) in [5.41, 5.74) is 4.97. The van der Waals surface area contributed by atoms with Crippen LogP contribution in [0.25, 0.3) is 0 Å². The van der Waals surface area contributed by atoms with Gasteiger partial charge in [0.2, 0.25) is 0 Å². The fourth-order valence-corrected chi connectivity index (χ4v) is 2.08. The molecule has 0 N–H and O–H groups in total. The molecule has 1 aromatic heterocycles. The first-order valence-electron chi connectivity index (χ1n) is 5.35. The number of aromatic nitrogens is 2. The number of nitrogens with zero attached hydrogens (tertiary/aromatic N) is 2. The van der Waals surface area contributed by atoms with Gasteiger partial charge in [0.05, 0.1) is 5.69 Å². The molecule has 1 heterocycles. The quantitative estimate of drug-likeness (QED) is 0.776. The largest absolute Gasteiger partial charge is 0.248 e. The Balaban J connectivity index is 2.41. The molecule has 2 aromatic rings. The Morgan fingerprint density at radius 1 is 1.31 bits per heavy atom. The maximum Gasteiger partial charge on any atom is 0.110 e. The van der Waals surface area contributed by atoms with E-state index in [1.807, 2.05) is 6.20 Å². The van der Waals surface area contributed by atoms with E-state index in [1.54, 1.807) is 6.33 Å². The third-order valence-corrected chi connectivity index (χ3v) is 3.31. The molecule has 1 aromatic carbocycles. The molecule has 1 atom stereocenters. The first kappa shape index (κ1) is 11.2. The number of halogens is 1. The molecule has 84 valence electrons. The van der Waals surface area contributed by atoms with Gasteiger partial charge in [-0.2, -0.15) is 0 Å². The second kappa shape index (κ2) is 4.30. The Hall–Kier alpha value is -1.28. The number of rotatable bonds is 2. The van der Waals surface area contributed by atoms with Gasteiger partial charge < -0.3 is 0 Å². The highest BCUT2D eigenvalue weighted by Crippen LogP contribution is 2.27. The van der Waals surface area contributed by atoms with Crippen LogP contribution in [0.1, 0.15) is 35.2 Å². The maximum absolute atomic E-state index is 5.82. The molecule has 0 bridgehead atoms. The van der Waals surface area contributed by atoms with Crippen molar-refractivity contribution in [2.24, 2.45) is 0 Å². The zero-order valence-electron chi connectivity index (χ0n) is 9.74. The van der Waals surface area contributed by atoms with E-state index in [9.17, 15) is 0 Å². The van der Waals surface area contributed by atoms with E-state index in [1.165, 1.54) is 20.8 Å². The summed E-state index contributed by atoms with van der Waals surface area (Å²) in [6.45, 7) is 6.44. The first-order valence-corrected chi connectivity index (χ1v) is 5.69. The minimum Gasteiger partial charge on any atom is -0.248 e. The highest BCUT2D eigenvalue weighted by molar-refractivity contribution is 6.15. The third kappa shape index (κ3) is 1.98. The van der Waals surface area contributed by atoms with E-state index in [0.717, 1.165) is 5.69 Å². The van der Waals surface area contributed by atoms with Crippen LogP contribution in [0.15, 0.2) is 30.7 Å². The number of hydrogen-bond acceptors (Lipinski definition) is 1. The average molecular weight is 235 g/mol. The molecular weight excluding hydrogens is 220 g/mol. The zero-order valence-corrected chi connectivity index (χ0v) is 10.5. The van der Waals surface area contributed by atoms with Gasteiger partial charge in [-0.15, -0.1) is 0 Å². The monoisotopic (exact) mass is 234 g/mol. The smallest absolute Gasteiger partial charge is 0.110 e. The van der Waals surface area contributed by atoms with E-state index in [4.69, 9.17) is 11.8 Å². The van der Waals surface area contributed by atoms with Gasteiger partial charge in [-0.1, -0.05) is 25.1 Å². The molecule has 1 unspecified atom stereocenters. The lowest BCUT2D eigenvalue weighted by atomic mass is 9.92. The van der Waals surface area contributed by atoms with Crippen molar-refractivity contribution in [2.45, 2.75) is 26.7 Å². The minimum atomic E-state index is 0.278. The zero-order chi connectivity index (χ0) is 11.7. The topological polar surface area (TPSA) is 17.8 Å². The molecule has 0 aliphatic carbocycles. The molecule has 0 aliphatic rings.